The second-order valence-electron chi connectivity index (χ2n) is 15.8. The van der Waals surface area contributed by atoms with Gasteiger partial charge in [-0.2, -0.15) is 0 Å². The van der Waals surface area contributed by atoms with Gasteiger partial charge < -0.3 is 19.3 Å². The standard InChI is InChI=1S/C53H33B2N3O2S2/c1-5-17-34(18-6-1)57(35-19-7-2-8-20-35)38-30-46-51-47(31-38)61-49-33-42-53(56-52(49)55(51)41-26-14-16-28-44(41)60-46)62-48-32-39(29-45-50(48)54(42)40-25-13-15-27-43(40)59-45)58(36-21-9-3-10-22-36)37-23-11-4-12-24-37/h1-33H. The van der Waals surface area contributed by atoms with Gasteiger partial charge >= 0.3 is 0 Å². The van der Waals surface area contributed by atoms with E-state index < -0.39 is 0 Å². The number of fused-ring (bicyclic) bond motifs is 8. The van der Waals surface area contributed by atoms with Crippen molar-refractivity contribution in [2.24, 2.45) is 0 Å². The van der Waals surface area contributed by atoms with Crippen LogP contribution in [0.25, 0.3) is 0 Å². The highest BCUT2D eigenvalue weighted by molar-refractivity contribution is 8.00. The summed E-state index contributed by atoms with van der Waals surface area (Å²) in [4.78, 5) is 13.9. The van der Waals surface area contributed by atoms with Gasteiger partial charge in [-0.3, -0.25) is 4.98 Å². The van der Waals surface area contributed by atoms with Gasteiger partial charge in [0.1, 0.15) is 23.0 Å². The number of nitrogens with zero attached hydrogens (tertiary/aromatic N) is 3. The normalized spacial score (nSPS) is 13.2. The van der Waals surface area contributed by atoms with Crippen LogP contribution in [0.1, 0.15) is 0 Å². The highest BCUT2D eigenvalue weighted by Gasteiger charge is 2.45. The van der Waals surface area contributed by atoms with E-state index in [1.54, 1.807) is 23.5 Å². The summed E-state index contributed by atoms with van der Waals surface area (Å²) in [6.45, 7) is -0.146. The van der Waals surface area contributed by atoms with Crippen molar-refractivity contribution in [3.05, 3.63) is 200 Å². The van der Waals surface area contributed by atoms with Crippen molar-refractivity contribution < 1.29 is 9.47 Å². The van der Waals surface area contributed by atoms with Crippen LogP contribution in [-0.2, 0) is 0 Å². The second kappa shape index (κ2) is 14.3. The quantitative estimate of drug-likeness (QED) is 0.155. The van der Waals surface area contributed by atoms with Gasteiger partial charge in [-0.25, -0.2) is 0 Å². The minimum Gasteiger partial charge on any atom is -0.458 e. The SMILES string of the molecule is c1ccc(N(c2ccccc2)c2cc3c4c(c2)Sc2nc5c(cc2B4c2ccccc2O3)Sc2cc(N(c3ccccc3)c3ccccc3)cc3c2B5c2ccccc2O3)cc1. The van der Waals surface area contributed by atoms with Crippen LogP contribution in [0.4, 0.5) is 34.1 Å². The Labute approximate surface area is 369 Å². The summed E-state index contributed by atoms with van der Waals surface area (Å²) >= 11 is 3.55. The molecule has 0 bridgehead atoms. The van der Waals surface area contributed by atoms with Crippen molar-refractivity contribution in [1.29, 1.82) is 0 Å². The molecule has 8 aromatic carbocycles. The molecule has 0 unspecified atom stereocenters. The summed E-state index contributed by atoms with van der Waals surface area (Å²) in [5.41, 5.74) is 13.3. The van der Waals surface area contributed by atoms with Gasteiger partial charge in [0.25, 0.3) is 13.4 Å². The Morgan fingerprint density at radius 1 is 0.355 bits per heavy atom. The predicted octanol–water partition coefficient (Wildman–Crippen LogP) is 10.2. The summed E-state index contributed by atoms with van der Waals surface area (Å²) < 4.78 is 13.8. The molecular weight excluding hydrogens is 796 g/mol. The topological polar surface area (TPSA) is 37.8 Å². The van der Waals surface area contributed by atoms with Gasteiger partial charge in [-0.05, 0) is 106 Å². The molecule has 0 radical (unpaired) electrons. The van der Waals surface area contributed by atoms with Crippen molar-refractivity contribution in [1.82, 2.24) is 4.98 Å². The second-order valence-corrected chi connectivity index (χ2v) is 18.0. The van der Waals surface area contributed by atoms with E-state index in [1.807, 2.05) is 0 Å². The summed E-state index contributed by atoms with van der Waals surface area (Å²) in [6.07, 6.45) is 0. The first kappa shape index (κ1) is 35.7. The lowest BCUT2D eigenvalue weighted by Gasteiger charge is -2.37. The third kappa shape index (κ3) is 5.65. The van der Waals surface area contributed by atoms with Gasteiger partial charge in [-0.1, -0.05) is 133 Å². The summed E-state index contributed by atoms with van der Waals surface area (Å²) in [6, 6.07) is 70.8. The molecule has 0 fully saturated rings. The zero-order valence-corrected chi connectivity index (χ0v) is 34.8. The molecule has 0 amide bonds. The summed E-state index contributed by atoms with van der Waals surface area (Å²) in [5, 5.41) is 1.03. The first-order valence-corrected chi connectivity index (χ1v) is 22.5. The van der Waals surface area contributed by atoms with E-state index in [0.29, 0.717) is 0 Å². The molecular formula is C53H33B2N3O2S2. The Balaban J connectivity index is 0.997. The molecule has 0 aliphatic carbocycles. The first-order valence-electron chi connectivity index (χ1n) is 20.8. The number of anilines is 6. The van der Waals surface area contributed by atoms with Gasteiger partial charge in [0, 0.05) is 55.2 Å². The van der Waals surface area contributed by atoms with Crippen molar-refractivity contribution in [3.63, 3.8) is 0 Å². The zero-order chi connectivity index (χ0) is 40.7. The van der Waals surface area contributed by atoms with Crippen LogP contribution in [-0.4, -0.2) is 18.4 Å². The van der Waals surface area contributed by atoms with Gasteiger partial charge in [0.05, 0.1) is 16.4 Å². The molecule has 1 aromatic heterocycles. The Morgan fingerprint density at radius 2 is 0.774 bits per heavy atom. The average molecular weight is 830 g/mol. The van der Waals surface area contributed by atoms with E-state index >= 15 is 0 Å². The molecule has 4 aliphatic rings. The predicted molar refractivity (Wildman–Crippen MR) is 257 cm³/mol. The summed E-state index contributed by atoms with van der Waals surface area (Å²) in [7, 11) is 0. The fourth-order valence-electron chi connectivity index (χ4n) is 9.63. The van der Waals surface area contributed by atoms with Crippen molar-refractivity contribution >= 4 is 104 Å². The van der Waals surface area contributed by atoms with Crippen LogP contribution >= 0.6 is 23.5 Å². The molecule has 290 valence electrons. The maximum Gasteiger partial charge on any atom is 0.277 e. The highest BCUT2D eigenvalue weighted by atomic mass is 32.2. The molecule has 5 heterocycles. The van der Waals surface area contributed by atoms with Crippen LogP contribution < -0.4 is 52.2 Å². The third-order valence-electron chi connectivity index (χ3n) is 12.2. The Hall–Kier alpha value is -7.06. The number of pyridine rings is 1. The molecule has 5 nitrogen and oxygen atoms in total. The summed E-state index contributed by atoms with van der Waals surface area (Å²) in [5.74, 6) is 3.48. The lowest BCUT2D eigenvalue weighted by Crippen LogP contribution is -2.62. The fourth-order valence-corrected chi connectivity index (χ4v) is 12.0. The smallest absolute Gasteiger partial charge is 0.277 e. The van der Waals surface area contributed by atoms with Crippen LogP contribution in [0.3, 0.4) is 0 Å². The Kier molecular flexibility index (Phi) is 8.21. The molecule has 62 heavy (non-hydrogen) atoms. The van der Waals surface area contributed by atoms with Crippen LogP contribution in [0.2, 0.25) is 0 Å². The van der Waals surface area contributed by atoms with Gasteiger partial charge in [-0.15, -0.1) is 0 Å². The highest BCUT2D eigenvalue weighted by Crippen LogP contribution is 2.46. The van der Waals surface area contributed by atoms with Gasteiger partial charge in [0.15, 0.2) is 0 Å². The minimum atomic E-state index is -0.0972. The Morgan fingerprint density at radius 3 is 1.27 bits per heavy atom. The molecule has 0 spiro atoms. The molecule has 4 aliphatic heterocycles. The largest absolute Gasteiger partial charge is 0.458 e. The van der Waals surface area contributed by atoms with E-state index in [1.165, 1.54) is 21.3 Å². The Bertz CT molecular complexity index is 2930. The van der Waals surface area contributed by atoms with Crippen molar-refractivity contribution in [3.8, 4) is 23.0 Å². The number of para-hydroxylation sites is 6. The molecule has 0 atom stereocenters. The monoisotopic (exact) mass is 829 g/mol. The minimum absolute atomic E-state index is 0.0486. The number of benzene rings is 8. The number of aromatic nitrogens is 1. The molecule has 9 aromatic rings. The zero-order valence-electron chi connectivity index (χ0n) is 33.2. The van der Waals surface area contributed by atoms with Crippen LogP contribution in [0, 0.1) is 0 Å². The van der Waals surface area contributed by atoms with Crippen LogP contribution in [0.15, 0.2) is 220 Å². The molecule has 0 N–H and O–H groups in total. The molecule has 0 saturated carbocycles. The van der Waals surface area contributed by atoms with Crippen molar-refractivity contribution in [2.75, 3.05) is 9.80 Å². The number of ether oxygens (including phenoxy) is 2. The maximum atomic E-state index is 6.88. The van der Waals surface area contributed by atoms with E-state index in [0.717, 1.165) is 88.5 Å². The van der Waals surface area contributed by atoms with E-state index in [2.05, 4.69) is 210 Å². The van der Waals surface area contributed by atoms with Gasteiger partial charge in [0.2, 0.25) is 0 Å². The van der Waals surface area contributed by atoms with Crippen LogP contribution in [0.5, 0.6) is 23.0 Å². The maximum absolute atomic E-state index is 6.88. The molecule has 9 heteroatoms. The lowest BCUT2D eigenvalue weighted by molar-refractivity contribution is 0.486. The number of rotatable bonds is 6. The molecule has 0 saturated heterocycles. The fraction of sp³-hybridized carbons (Fsp3) is 0. The van der Waals surface area contributed by atoms with Crippen molar-refractivity contribution in [2.45, 2.75) is 19.7 Å². The third-order valence-corrected chi connectivity index (χ3v) is 14.4. The van der Waals surface area contributed by atoms with E-state index in [9.17, 15) is 0 Å². The average Bonchev–Trinajstić information content (AvgIpc) is 3.32. The number of hydrogen-bond acceptors (Lipinski definition) is 7. The number of hydrogen-bond donors (Lipinski definition) is 0. The first-order chi connectivity index (χ1) is 30.7. The van der Waals surface area contributed by atoms with E-state index in [4.69, 9.17) is 14.5 Å². The molecule has 13 rings (SSSR count). The lowest BCUT2D eigenvalue weighted by atomic mass is 9.35. The van der Waals surface area contributed by atoms with E-state index in [-0.39, 0.29) is 13.4 Å².